The van der Waals surface area contributed by atoms with Gasteiger partial charge >= 0.3 is 6.18 Å². The van der Waals surface area contributed by atoms with E-state index in [0.29, 0.717) is 10.6 Å². The van der Waals surface area contributed by atoms with Crippen LogP contribution in [0.15, 0.2) is 36.5 Å². The van der Waals surface area contributed by atoms with E-state index >= 15 is 0 Å². The Morgan fingerprint density at radius 3 is 2.71 bits per heavy atom. The molecule has 1 N–H and O–H groups in total. The summed E-state index contributed by atoms with van der Waals surface area (Å²) in [6.07, 6.45) is -3.54. The summed E-state index contributed by atoms with van der Waals surface area (Å²) in [4.78, 5) is 5.68. The van der Waals surface area contributed by atoms with E-state index < -0.39 is 18.0 Å². The van der Waals surface area contributed by atoms with Crippen LogP contribution in [0.4, 0.5) is 13.2 Å². The summed E-state index contributed by atoms with van der Waals surface area (Å²) in [6, 6.07) is 7.84. The molecule has 8 heteroatoms. The minimum absolute atomic E-state index is 0.240. The number of pyridine rings is 1. The van der Waals surface area contributed by atoms with Crippen molar-refractivity contribution in [3.63, 3.8) is 0 Å². The molecule has 0 spiro atoms. The molecule has 2 aromatic heterocycles. The zero-order valence-electron chi connectivity index (χ0n) is 15.2. The number of likely N-dealkylation sites (N-methyl/N-ethyl adjacent to an activating group) is 1. The first kappa shape index (κ1) is 19.2. The number of fused-ring (bicyclic) bond motifs is 3. The van der Waals surface area contributed by atoms with Crippen LogP contribution < -0.4 is 0 Å². The number of benzene rings is 1. The van der Waals surface area contributed by atoms with E-state index in [1.807, 2.05) is 18.2 Å². The Morgan fingerprint density at radius 2 is 2.04 bits per heavy atom. The van der Waals surface area contributed by atoms with E-state index in [1.165, 1.54) is 11.6 Å². The average molecular weight is 410 g/mol. The zero-order chi connectivity index (χ0) is 20.1. The second-order valence-corrected chi connectivity index (χ2v) is 7.61. The van der Waals surface area contributed by atoms with E-state index in [1.54, 1.807) is 0 Å². The highest BCUT2D eigenvalue weighted by Gasteiger charge is 2.32. The third-order valence-corrected chi connectivity index (χ3v) is 5.46. The van der Waals surface area contributed by atoms with Gasteiger partial charge in [-0.05, 0) is 36.9 Å². The molecule has 4 rings (SSSR count). The molecular weight excluding hydrogens is 391 g/mol. The maximum absolute atomic E-state index is 12.7. The Balaban J connectivity index is 1.70. The summed E-state index contributed by atoms with van der Waals surface area (Å²) < 4.78 is 40.2. The third kappa shape index (κ3) is 3.50. The predicted molar refractivity (Wildman–Crippen MR) is 101 cm³/mol. The average Bonchev–Trinajstić information content (AvgIpc) is 2.93. The van der Waals surface area contributed by atoms with Crippen molar-refractivity contribution in [3.8, 4) is 0 Å². The number of alkyl halides is 3. The van der Waals surface area contributed by atoms with Gasteiger partial charge in [-0.2, -0.15) is 13.2 Å². The first-order chi connectivity index (χ1) is 13.2. The van der Waals surface area contributed by atoms with Gasteiger partial charge in [0, 0.05) is 52.9 Å². The van der Waals surface area contributed by atoms with Gasteiger partial charge in [0.1, 0.15) is 5.69 Å². The monoisotopic (exact) mass is 409 g/mol. The number of halogens is 4. The normalized spacial score (nSPS) is 16.4. The van der Waals surface area contributed by atoms with Crippen LogP contribution >= 0.6 is 11.6 Å². The number of aliphatic hydroxyl groups excluding tert-OH is 1. The third-order valence-electron chi connectivity index (χ3n) is 5.22. The molecule has 0 fully saturated rings. The fourth-order valence-electron chi connectivity index (χ4n) is 3.81. The van der Waals surface area contributed by atoms with E-state index in [9.17, 15) is 18.3 Å². The number of hydrogen-bond acceptors (Lipinski definition) is 3. The van der Waals surface area contributed by atoms with Crippen molar-refractivity contribution in [1.29, 1.82) is 0 Å². The Labute approximate surface area is 165 Å². The lowest BCUT2D eigenvalue weighted by molar-refractivity contribution is -0.141. The van der Waals surface area contributed by atoms with E-state index in [0.717, 1.165) is 48.4 Å². The first-order valence-electron chi connectivity index (χ1n) is 8.93. The lowest BCUT2D eigenvalue weighted by Gasteiger charge is -2.25. The molecule has 0 bridgehead atoms. The van der Waals surface area contributed by atoms with Crippen molar-refractivity contribution >= 4 is 22.5 Å². The molecule has 1 unspecified atom stereocenters. The van der Waals surface area contributed by atoms with Crippen LogP contribution in [0.3, 0.4) is 0 Å². The van der Waals surface area contributed by atoms with Gasteiger partial charge in [-0.3, -0.25) is 4.98 Å². The molecule has 148 valence electrons. The maximum atomic E-state index is 12.7. The minimum atomic E-state index is -4.50. The van der Waals surface area contributed by atoms with Crippen LogP contribution in [-0.2, 0) is 25.7 Å². The number of nitrogens with zero attached hydrogens (tertiary/aromatic N) is 3. The van der Waals surface area contributed by atoms with Gasteiger partial charge < -0.3 is 14.6 Å². The molecule has 4 nitrogen and oxygen atoms in total. The minimum Gasteiger partial charge on any atom is -0.386 e. The van der Waals surface area contributed by atoms with Gasteiger partial charge in [-0.25, -0.2) is 0 Å². The van der Waals surface area contributed by atoms with Crippen molar-refractivity contribution in [1.82, 2.24) is 14.5 Å². The zero-order valence-corrected chi connectivity index (χ0v) is 15.9. The van der Waals surface area contributed by atoms with Crippen molar-refractivity contribution < 1.29 is 18.3 Å². The van der Waals surface area contributed by atoms with E-state index in [4.69, 9.17) is 11.6 Å². The molecule has 28 heavy (non-hydrogen) atoms. The van der Waals surface area contributed by atoms with Crippen LogP contribution in [-0.4, -0.2) is 33.1 Å². The molecule has 1 aromatic carbocycles. The molecule has 0 saturated carbocycles. The molecule has 0 radical (unpaired) electrons. The number of rotatable bonds is 3. The second-order valence-electron chi connectivity index (χ2n) is 7.18. The second kappa shape index (κ2) is 7.06. The molecular formula is C20H19ClF3N3O. The highest BCUT2D eigenvalue weighted by molar-refractivity contribution is 6.31. The molecule has 0 saturated heterocycles. The Bertz CT molecular complexity index is 1010. The number of aliphatic hydroxyl groups is 1. The van der Waals surface area contributed by atoms with Crippen LogP contribution in [0.1, 0.15) is 28.6 Å². The fourth-order valence-corrected chi connectivity index (χ4v) is 3.99. The molecule has 1 aliphatic heterocycles. The quantitative estimate of drug-likeness (QED) is 0.695. The van der Waals surface area contributed by atoms with Gasteiger partial charge in [0.15, 0.2) is 0 Å². The summed E-state index contributed by atoms with van der Waals surface area (Å²) >= 11 is 6.19. The van der Waals surface area contributed by atoms with Crippen molar-refractivity contribution in [3.05, 3.63) is 64.1 Å². The molecule has 0 aliphatic carbocycles. The molecule has 1 aliphatic rings. The highest BCUT2D eigenvalue weighted by atomic mass is 35.5. The van der Waals surface area contributed by atoms with Crippen LogP contribution in [0.5, 0.6) is 0 Å². The lowest BCUT2D eigenvalue weighted by atomic mass is 10.0. The summed E-state index contributed by atoms with van der Waals surface area (Å²) in [5.74, 6) is 0. The number of aromatic nitrogens is 2. The van der Waals surface area contributed by atoms with Crippen molar-refractivity contribution in [2.45, 2.75) is 31.8 Å². The molecule has 3 heterocycles. The largest absolute Gasteiger partial charge is 0.433 e. The van der Waals surface area contributed by atoms with Gasteiger partial charge in [0.25, 0.3) is 0 Å². The van der Waals surface area contributed by atoms with Gasteiger partial charge in [0.2, 0.25) is 0 Å². The van der Waals surface area contributed by atoms with Crippen molar-refractivity contribution in [2.75, 3.05) is 13.6 Å². The van der Waals surface area contributed by atoms with Crippen molar-refractivity contribution in [2.24, 2.45) is 0 Å². The van der Waals surface area contributed by atoms with Gasteiger partial charge in [-0.1, -0.05) is 17.7 Å². The summed E-state index contributed by atoms with van der Waals surface area (Å²) in [6.45, 7) is 1.93. The summed E-state index contributed by atoms with van der Waals surface area (Å²) in [5, 5.41) is 12.4. The van der Waals surface area contributed by atoms with Gasteiger partial charge in [-0.15, -0.1) is 0 Å². The van der Waals surface area contributed by atoms with Gasteiger partial charge in [0.05, 0.1) is 12.6 Å². The summed E-state index contributed by atoms with van der Waals surface area (Å²) in [7, 11) is 2.05. The standard InChI is InChI=1S/C20H19ClF3N3O/c1-26-7-6-17-15(10-26)14-8-13(21)3-4-16(14)27(17)11-18(28)12-2-5-19(25-9-12)20(22,23)24/h2-5,8-9,18,28H,6-7,10-11H2,1H3. The van der Waals surface area contributed by atoms with Crippen LogP contribution in [0.2, 0.25) is 5.02 Å². The van der Waals surface area contributed by atoms with E-state index in [2.05, 4.69) is 21.5 Å². The Hall–Kier alpha value is -2.09. The van der Waals surface area contributed by atoms with Crippen LogP contribution in [0.25, 0.3) is 10.9 Å². The van der Waals surface area contributed by atoms with E-state index in [-0.39, 0.29) is 6.54 Å². The predicted octanol–water partition coefficient (Wildman–Crippen LogP) is 4.43. The molecule has 1 atom stereocenters. The lowest BCUT2D eigenvalue weighted by Crippen LogP contribution is -2.27. The first-order valence-corrected chi connectivity index (χ1v) is 9.31. The Kier molecular flexibility index (Phi) is 4.85. The SMILES string of the molecule is CN1CCc2c(c3cc(Cl)ccc3n2CC(O)c2ccc(C(F)(F)F)nc2)C1. The van der Waals surface area contributed by atoms with Crippen LogP contribution in [0, 0.1) is 0 Å². The Morgan fingerprint density at radius 1 is 1.25 bits per heavy atom. The summed E-state index contributed by atoms with van der Waals surface area (Å²) in [5.41, 5.74) is 2.66. The smallest absolute Gasteiger partial charge is 0.386 e. The fraction of sp³-hybridized carbons (Fsp3) is 0.350. The molecule has 0 amide bonds. The maximum Gasteiger partial charge on any atom is 0.433 e. The topological polar surface area (TPSA) is 41.3 Å². The molecule has 3 aromatic rings. The number of hydrogen-bond donors (Lipinski definition) is 1. The highest BCUT2D eigenvalue weighted by Crippen LogP contribution is 2.34.